The van der Waals surface area contributed by atoms with Crippen LogP contribution in [0.4, 0.5) is 0 Å². The first-order valence-electron chi connectivity index (χ1n) is 14.6. The van der Waals surface area contributed by atoms with Gasteiger partial charge in [0.05, 0.1) is 108 Å². The number of nitrogens with one attached hydrogen (secondary N) is 2. The Labute approximate surface area is 381 Å². The Morgan fingerprint density at radius 1 is 0.291 bits per heavy atom. The highest BCUT2D eigenvalue weighted by Crippen LogP contribution is 2.54. The highest BCUT2D eigenvalue weighted by Gasteiger charge is 2.33. The number of benzene rings is 4. The lowest BCUT2D eigenvalue weighted by molar-refractivity contribution is 1.19. The molecule has 2 aliphatic rings. The molecule has 0 saturated carbocycles. The fourth-order valence-corrected chi connectivity index (χ4v) is 9.95. The van der Waals surface area contributed by atoms with E-state index in [0.29, 0.717) is 5.39 Å². The minimum atomic E-state index is -0.0697. The largest absolute Gasteiger partial charge is 0.324 e. The number of H-pyrrole nitrogens is 2. The van der Waals surface area contributed by atoms with E-state index in [-0.39, 0.29) is 160 Å². The van der Waals surface area contributed by atoms with Crippen LogP contribution >= 0.6 is 174 Å². The zero-order valence-corrected chi connectivity index (χ0v) is 36.8. The predicted octanol–water partition coefficient (Wildman–Crippen LogP) is 16.7. The highest BCUT2D eigenvalue weighted by molar-refractivity contribution is 6.58. The normalized spacial score (nSPS) is 12.3. The molecule has 23 heteroatoms. The minimum absolute atomic E-state index is 0.00962. The van der Waals surface area contributed by atoms with Gasteiger partial charge in [0.25, 0.3) is 0 Å². The molecule has 0 fully saturated rings. The molecule has 0 spiro atoms. The average molecular weight is 1030 g/mol. The number of nitrogens with zero attached hydrogens (tertiary/aromatic N) is 6. The Kier molecular flexibility index (Phi) is 9.83. The van der Waals surface area contributed by atoms with E-state index in [1.165, 1.54) is 6.07 Å². The molecule has 4 aromatic carbocycles. The summed E-state index contributed by atoms with van der Waals surface area (Å²) in [6.07, 6.45) is 0. The van der Waals surface area contributed by atoms with E-state index in [4.69, 9.17) is 204 Å². The standard InChI is InChI=1S/C32H3Cl15N8/c33-3-1-2-4(12(35)11(3)34)26-48-25(2)49-27-5-6(14(37)20(43)19(42)13(5)36)29(51-27)53-31-9-10(18(41)24(47)23(46)17(9)40)32(55-31)54-30-8-7(28(50-26)52-30)15(38)21(44)22(45)16(8)39/h1H,(H2,48,49,50,51,52,53,54,55). The molecule has 8 nitrogen and oxygen atoms in total. The molecule has 0 aliphatic carbocycles. The quantitative estimate of drug-likeness (QED) is 0.116. The molecule has 2 aliphatic heterocycles. The van der Waals surface area contributed by atoms with Gasteiger partial charge in [0, 0.05) is 10.8 Å². The lowest BCUT2D eigenvalue weighted by Gasteiger charge is -2.09. The number of fused-ring (bicyclic) bond motifs is 20. The van der Waals surface area contributed by atoms with Gasteiger partial charge >= 0.3 is 0 Å². The molecular formula is C32H3Cl15N8. The van der Waals surface area contributed by atoms with Gasteiger partial charge in [-0.25, -0.2) is 29.9 Å². The molecule has 0 amide bonds. The second kappa shape index (κ2) is 13.8. The molecular weight excluding hydrogens is 1030 g/mol. The van der Waals surface area contributed by atoms with E-state index < -0.39 is 0 Å². The number of rotatable bonds is 0. The minimum Gasteiger partial charge on any atom is -0.324 e. The molecule has 8 bridgehead atoms. The predicted molar refractivity (Wildman–Crippen MR) is 231 cm³/mol. The summed E-state index contributed by atoms with van der Waals surface area (Å²) in [5.74, 6) is -0.105. The van der Waals surface area contributed by atoms with Gasteiger partial charge in [0.2, 0.25) is 0 Å². The van der Waals surface area contributed by atoms with E-state index >= 15 is 0 Å². The summed E-state index contributed by atoms with van der Waals surface area (Å²) in [7, 11) is 0. The van der Waals surface area contributed by atoms with Gasteiger partial charge in [-0.2, -0.15) is 0 Å². The van der Waals surface area contributed by atoms with E-state index in [1.807, 2.05) is 0 Å². The van der Waals surface area contributed by atoms with Crippen molar-refractivity contribution in [3.63, 3.8) is 0 Å². The van der Waals surface area contributed by atoms with Gasteiger partial charge in [0.15, 0.2) is 23.3 Å². The van der Waals surface area contributed by atoms with Crippen LogP contribution in [0.25, 0.3) is 89.7 Å². The van der Waals surface area contributed by atoms with E-state index in [1.54, 1.807) is 0 Å². The first-order chi connectivity index (χ1) is 26.0. The first kappa shape index (κ1) is 39.1. The van der Waals surface area contributed by atoms with E-state index in [9.17, 15) is 0 Å². The Bertz CT molecular complexity index is 3160. The Balaban J connectivity index is 1.60. The van der Waals surface area contributed by atoms with Crippen molar-refractivity contribution in [2.24, 2.45) is 0 Å². The summed E-state index contributed by atoms with van der Waals surface area (Å²) < 4.78 is 0. The molecule has 7 aromatic rings. The summed E-state index contributed by atoms with van der Waals surface area (Å²) in [6.45, 7) is 0. The highest BCUT2D eigenvalue weighted by atomic mass is 35.5. The summed E-state index contributed by atoms with van der Waals surface area (Å²) in [6, 6.07) is 1.53. The van der Waals surface area contributed by atoms with Crippen molar-refractivity contribution in [1.82, 2.24) is 39.9 Å². The third-order valence-electron chi connectivity index (χ3n) is 8.59. The van der Waals surface area contributed by atoms with Gasteiger partial charge in [-0.05, 0) is 6.07 Å². The van der Waals surface area contributed by atoms with Crippen LogP contribution in [-0.4, -0.2) is 39.9 Å². The van der Waals surface area contributed by atoms with Crippen LogP contribution in [0.2, 0.25) is 75.3 Å². The zero-order valence-electron chi connectivity index (χ0n) is 25.4. The van der Waals surface area contributed by atoms with Crippen molar-refractivity contribution in [2.75, 3.05) is 0 Å². The van der Waals surface area contributed by atoms with Gasteiger partial charge in [-0.15, -0.1) is 0 Å². The molecule has 0 atom stereocenters. The van der Waals surface area contributed by atoms with Crippen LogP contribution in [0, 0.1) is 0 Å². The summed E-state index contributed by atoms with van der Waals surface area (Å²) in [5.41, 5.74) is 1.02. The first-order valence-corrected chi connectivity index (χ1v) is 20.3. The smallest absolute Gasteiger partial charge is 0.166 e. The van der Waals surface area contributed by atoms with Gasteiger partial charge in [-0.1, -0.05) is 174 Å². The molecule has 5 heterocycles. The van der Waals surface area contributed by atoms with Crippen LogP contribution in [0.1, 0.15) is 0 Å². The molecule has 9 rings (SSSR count). The number of aromatic amines is 2. The Morgan fingerprint density at radius 2 is 0.582 bits per heavy atom. The summed E-state index contributed by atoms with van der Waals surface area (Å²) in [4.78, 5) is 35.0. The lowest BCUT2D eigenvalue weighted by Crippen LogP contribution is -1.89. The third-order valence-corrected chi connectivity index (χ3v) is 15.3. The molecule has 276 valence electrons. The van der Waals surface area contributed by atoms with Gasteiger partial charge < -0.3 is 9.97 Å². The molecule has 2 N–H and O–H groups in total. The monoisotopic (exact) mass is 1020 g/mol. The number of aromatic nitrogens is 8. The van der Waals surface area contributed by atoms with E-state index in [2.05, 4.69) is 9.97 Å². The van der Waals surface area contributed by atoms with E-state index in [0.717, 1.165) is 0 Å². The van der Waals surface area contributed by atoms with Crippen LogP contribution in [0.3, 0.4) is 0 Å². The van der Waals surface area contributed by atoms with Crippen LogP contribution in [-0.2, 0) is 0 Å². The molecule has 0 radical (unpaired) electrons. The SMILES string of the molecule is Clc1cc2c3nc4nc(nc5[nH]c(nc6nc(nc([nH]3)c2c(Cl)c1Cl)-c1c(Cl)c(Cl)c(Cl)c(Cl)c1-6)c1c(Cl)c(Cl)c(Cl)c(Cl)c51)-c1c(Cl)c(Cl)c(Cl)c(Cl)c1-4. The maximum Gasteiger partial charge on any atom is 0.166 e. The van der Waals surface area contributed by atoms with Crippen molar-refractivity contribution in [2.45, 2.75) is 0 Å². The van der Waals surface area contributed by atoms with Gasteiger partial charge in [-0.3, -0.25) is 0 Å². The summed E-state index contributed by atoms with van der Waals surface area (Å²) in [5, 5.41) is 0.597. The number of halogens is 15. The molecule has 0 saturated heterocycles. The average Bonchev–Trinajstić information content (AvgIpc) is 3.89. The zero-order chi connectivity index (χ0) is 39.3. The number of hydrogen-bond acceptors (Lipinski definition) is 6. The van der Waals surface area contributed by atoms with Crippen molar-refractivity contribution in [3.05, 3.63) is 81.4 Å². The maximum absolute atomic E-state index is 6.84. The van der Waals surface area contributed by atoms with Crippen LogP contribution < -0.4 is 0 Å². The fraction of sp³-hybridized carbons (Fsp3) is 0. The number of hydrogen-bond donors (Lipinski definition) is 2. The Morgan fingerprint density at radius 3 is 0.964 bits per heavy atom. The maximum atomic E-state index is 6.84. The van der Waals surface area contributed by atoms with Crippen molar-refractivity contribution >= 4 is 218 Å². The van der Waals surface area contributed by atoms with Crippen molar-refractivity contribution < 1.29 is 0 Å². The third kappa shape index (κ3) is 5.63. The lowest BCUT2D eigenvalue weighted by atomic mass is 10.1. The van der Waals surface area contributed by atoms with Gasteiger partial charge in [0.1, 0.15) is 22.6 Å². The second-order valence-electron chi connectivity index (χ2n) is 11.5. The molecule has 55 heavy (non-hydrogen) atoms. The molecule has 0 unspecified atom stereocenters. The topological polar surface area (TPSA) is 109 Å². The van der Waals surface area contributed by atoms with Crippen molar-refractivity contribution in [1.29, 1.82) is 0 Å². The summed E-state index contributed by atoms with van der Waals surface area (Å²) >= 11 is 100. The molecule has 3 aromatic heterocycles. The Hall–Kier alpha value is -1.41. The van der Waals surface area contributed by atoms with Crippen LogP contribution in [0.5, 0.6) is 0 Å². The second-order valence-corrected chi connectivity index (χ2v) is 17.2. The van der Waals surface area contributed by atoms with Crippen LogP contribution in [0.15, 0.2) is 6.07 Å². The fourth-order valence-electron chi connectivity index (χ4n) is 6.18. The van der Waals surface area contributed by atoms with Crippen molar-refractivity contribution in [3.8, 4) is 45.6 Å².